The Bertz CT molecular complexity index is 1070. The normalized spacial score (nSPS) is 11.9. The van der Waals surface area contributed by atoms with E-state index in [-0.39, 0.29) is 0 Å². The zero-order chi connectivity index (χ0) is 25.2. The summed E-state index contributed by atoms with van der Waals surface area (Å²) in [6.45, 7) is 9.62. The van der Waals surface area contributed by atoms with E-state index in [0.29, 0.717) is 6.42 Å². The van der Waals surface area contributed by atoms with Crippen LogP contribution >= 0.6 is 0 Å². The zero-order valence-corrected chi connectivity index (χ0v) is 21.6. The molecule has 0 aliphatic heterocycles. The highest BCUT2D eigenvalue weighted by atomic mass is 16.5. The second-order valence-electron chi connectivity index (χ2n) is 8.91. The molecule has 0 saturated heterocycles. The van der Waals surface area contributed by atoms with E-state index in [9.17, 15) is 0 Å². The summed E-state index contributed by atoms with van der Waals surface area (Å²) in [6, 6.07) is 25.0. The zero-order valence-electron chi connectivity index (χ0n) is 21.6. The van der Waals surface area contributed by atoms with Gasteiger partial charge in [-0.2, -0.15) is 0 Å². The average molecular weight is 473 g/mol. The number of allylic oxidation sites excluding steroid dienone is 2. The molecule has 0 fully saturated rings. The van der Waals surface area contributed by atoms with Crippen LogP contribution in [0.4, 0.5) is 5.69 Å². The van der Waals surface area contributed by atoms with Crippen molar-refractivity contribution >= 4 is 5.69 Å². The van der Waals surface area contributed by atoms with Crippen molar-refractivity contribution in [1.29, 1.82) is 0 Å². The topological polar surface area (TPSA) is 67.8 Å². The first kappa shape index (κ1) is 26.3. The van der Waals surface area contributed by atoms with Crippen LogP contribution in [0.1, 0.15) is 37.8 Å². The van der Waals surface area contributed by atoms with Gasteiger partial charge in [-0.25, -0.2) is 5.84 Å². The van der Waals surface area contributed by atoms with Crippen LogP contribution < -0.4 is 21.3 Å². The SMILES string of the molecule is CCN(CC)CCC/C(N)=C(\Cc1ccc(-c2ccc(OC)cc2)cc1)N(N)c1ccc(C)cc1. The predicted molar refractivity (Wildman–Crippen MR) is 148 cm³/mol. The second kappa shape index (κ2) is 13.0. The Morgan fingerprint density at radius 2 is 1.40 bits per heavy atom. The van der Waals surface area contributed by atoms with Gasteiger partial charge in [0.2, 0.25) is 0 Å². The van der Waals surface area contributed by atoms with Gasteiger partial charge in [0.1, 0.15) is 5.75 Å². The summed E-state index contributed by atoms with van der Waals surface area (Å²) in [4.78, 5) is 2.42. The molecule has 4 N–H and O–H groups in total. The highest BCUT2D eigenvalue weighted by Gasteiger charge is 2.14. The fourth-order valence-electron chi connectivity index (χ4n) is 4.18. The Balaban J connectivity index is 1.81. The number of methoxy groups -OCH3 is 1. The molecule has 5 nitrogen and oxygen atoms in total. The number of aryl methyl sites for hydroxylation is 1. The molecule has 0 saturated carbocycles. The Labute approximate surface area is 211 Å². The third-order valence-electron chi connectivity index (χ3n) is 6.54. The quantitative estimate of drug-likeness (QED) is 0.254. The van der Waals surface area contributed by atoms with E-state index >= 15 is 0 Å². The Morgan fingerprint density at radius 3 is 1.94 bits per heavy atom. The lowest BCUT2D eigenvalue weighted by Gasteiger charge is -2.25. The van der Waals surface area contributed by atoms with Crippen molar-refractivity contribution in [2.45, 2.75) is 40.0 Å². The number of nitrogens with two attached hydrogens (primary N) is 2. The fraction of sp³-hybridized carbons (Fsp3) is 0.333. The number of nitrogens with zero attached hydrogens (tertiary/aromatic N) is 2. The fourth-order valence-corrected chi connectivity index (χ4v) is 4.18. The lowest BCUT2D eigenvalue weighted by molar-refractivity contribution is 0.299. The maximum absolute atomic E-state index is 6.68. The Morgan fingerprint density at radius 1 is 0.829 bits per heavy atom. The van der Waals surface area contributed by atoms with Crippen molar-refractivity contribution in [3.05, 3.63) is 95.3 Å². The molecule has 0 radical (unpaired) electrons. The molecule has 35 heavy (non-hydrogen) atoms. The molecular weight excluding hydrogens is 432 g/mol. The van der Waals surface area contributed by atoms with Gasteiger partial charge in [-0.15, -0.1) is 0 Å². The van der Waals surface area contributed by atoms with Crippen molar-refractivity contribution in [1.82, 2.24) is 4.90 Å². The lowest BCUT2D eigenvalue weighted by atomic mass is 10.0. The number of rotatable bonds is 12. The lowest BCUT2D eigenvalue weighted by Crippen LogP contribution is -2.33. The van der Waals surface area contributed by atoms with Crippen LogP contribution in [-0.4, -0.2) is 31.6 Å². The van der Waals surface area contributed by atoms with Crippen LogP contribution in [0.3, 0.4) is 0 Å². The summed E-state index contributed by atoms with van der Waals surface area (Å²) in [5.41, 5.74) is 14.1. The Kier molecular flexibility index (Phi) is 9.76. The number of benzene rings is 3. The number of anilines is 1. The van der Waals surface area contributed by atoms with E-state index in [1.54, 1.807) is 12.1 Å². The molecule has 0 atom stereocenters. The smallest absolute Gasteiger partial charge is 0.118 e. The molecule has 0 aliphatic rings. The highest BCUT2D eigenvalue weighted by Crippen LogP contribution is 2.26. The van der Waals surface area contributed by atoms with Gasteiger partial charge in [0.25, 0.3) is 0 Å². The molecule has 0 unspecified atom stereocenters. The van der Waals surface area contributed by atoms with E-state index in [0.717, 1.165) is 66.4 Å². The van der Waals surface area contributed by atoms with Gasteiger partial charge in [-0.3, -0.25) is 5.01 Å². The molecule has 186 valence electrons. The minimum Gasteiger partial charge on any atom is -0.497 e. The summed E-state index contributed by atoms with van der Waals surface area (Å²) in [6.07, 6.45) is 2.49. The summed E-state index contributed by atoms with van der Waals surface area (Å²) in [5.74, 6) is 7.50. The van der Waals surface area contributed by atoms with Crippen LogP contribution in [0.25, 0.3) is 11.1 Å². The minimum absolute atomic E-state index is 0.671. The van der Waals surface area contributed by atoms with Crippen LogP contribution in [-0.2, 0) is 6.42 Å². The maximum atomic E-state index is 6.68. The molecule has 3 aromatic carbocycles. The number of hydrazine groups is 1. The molecule has 0 heterocycles. The standard InChI is InChI=1S/C30H40N4O/c1-5-33(6-2)21-7-8-29(31)30(34(32)27-17-9-23(3)10-18-27)22-24-11-13-25(14-12-24)26-15-19-28(35-4)20-16-26/h9-20H,5-8,21-22,31-32H2,1-4H3/b30-29-. The summed E-state index contributed by atoms with van der Waals surface area (Å²) < 4.78 is 5.27. The molecule has 3 aromatic rings. The first-order valence-corrected chi connectivity index (χ1v) is 12.5. The largest absolute Gasteiger partial charge is 0.497 e. The first-order chi connectivity index (χ1) is 16.9. The van der Waals surface area contributed by atoms with Gasteiger partial charge in [0.05, 0.1) is 18.5 Å². The van der Waals surface area contributed by atoms with Crippen molar-refractivity contribution in [3.63, 3.8) is 0 Å². The van der Waals surface area contributed by atoms with Crippen LogP contribution in [0.5, 0.6) is 5.75 Å². The third kappa shape index (κ3) is 7.35. The predicted octanol–water partition coefficient (Wildman–Crippen LogP) is 5.89. The third-order valence-corrected chi connectivity index (χ3v) is 6.54. The van der Waals surface area contributed by atoms with E-state index in [1.165, 1.54) is 11.1 Å². The molecule has 0 bridgehead atoms. The second-order valence-corrected chi connectivity index (χ2v) is 8.91. The summed E-state index contributed by atoms with van der Waals surface area (Å²) >= 11 is 0. The van der Waals surface area contributed by atoms with Crippen molar-refractivity contribution in [3.8, 4) is 16.9 Å². The van der Waals surface area contributed by atoms with Gasteiger partial charge in [-0.1, -0.05) is 67.9 Å². The number of hydrogen-bond acceptors (Lipinski definition) is 5. The Hall–Kier alpha value is -3.28. The average Bonchev–Trinajstić information content (AvgIpc) is 2.90. The molecular formula is C30H40N4O. The van der Waals surface area contributed by atoms with Crippen LogP contribution in [0, 0.1) is 6.92 Å². The van der Waals surface area contributed by atoms with E-state index in [4.69, 9.17) is 16.3 Å². The van der Waals surface area contributed by atoms with Gasteiger partial charge in [0, 0.05) is 12.1 Å². The molecule has 0 spiro atoms. The van der Waals surface area contributed by atoms with Gasteiger partial charge >= 0.3 is 0 Å². The summed E-state index contributed by atoms with van der Waals surface area (Å²) in [7, 11) is 1.68. The molecule has 3 rings (SSSR count). The first-order valence-electron chi connectivity index (χ1n) is 12.5. The van der Waals surface area contributed by atoms with Gasteiger partial charge in [-0.05, 0) is 80.4 Å². The number of hydrogen-bond donors (Lipinski definition) is 2. The van der Waals surface area contributed by atoms with Gasteiger partial charge < -0.3 is 15.4 Å². The maximum Gasteiger partial charge on any atom is 0.118 e. The molecule has 0 aliphatic carbocycles. The van der Waals surface area contributed by atoms with E-state index in [2.05, 4.69) is 74.2 Å². The minimum atomic E-state index is 0.671. The van der Waals surface area contributed by atoms with Crippen molar-refractivity contribution in [2.24, 2.45) is 11.6 Å². The highest BCUT2D eigenvalue weighted by molar-refractivity contribution is 5.64. The van der Waals surface area contributed by atoms with Crippen LogP contribution in [0.15, 0.2) is 84.2 Å². The molecule has 0 aromatic heterocycles. The van der Waals surface area contributed by atoms with Gasteiger partial charge in [0.15, 0.2) is 0 Å². The molecule has 5 heteroatoms. The summed E-state index contributed by atoms with van der Waals surface area (Å²) in [5, 5.41) is 1.75. The monoisotopic (exact) mass is 472 g/mol. The molecule has 0 amide bonds. The van der Waals surface area contributed by atoms with E-state index in [1.807, 2.05) is 24.3 Å². The number of ether oxygens (including phenoxy) is 1. The van der Waals surface area contributed by atoms with E-state index < -0.39 is 0 Å². The van der Waals surface area contributed by atoms with Crippen LogP contribution in [0.2, 0.25) is 0 Å². The van der Waals surface area contributed by atoms with Crippen molar-refractivity contribution < 1.29 is 4.74 Å². The van der Waals surface area contributed by atoms with Crippen molar-refractivity contribution in [2.75, 3.05) is 31.8 Å².